The highest BCUT2D eigenvalue weighted by molar-refractivity contribution is 5.95. The number of likely N-dealkylation sites (N-methyl/N-ethyl adjacent to an activating group) is 2. The molecule has 0 saturated carbocycles. The first-order chi connectivity index (χ1) is 8.08. The molecule has 92 valence electrons. The van der Waals surface area contributed by atoms with E-state index in [-0.39, 0.29) is 24.1 Å². The van der Waals surface area contributed by atoms with Gasteiger partial charge in [0.15, 0.2) is 0 Å². The third-order valence-electron chi connectivity index (χ3n) is 2.29. The molecule has 3 N–H and O–H groups in total. The van der Waals surface area contributed by atoms with Crippen LogP contribution in [0.25, 0.3) is 0 Å². The Morgan fingerprint density at radius 2 is 2.18 bits per heavy atom. The second kappa shape index (κ2) is 5.83. The lowest BCUT2D eigenvalue weighted by Gasteiger charge is -2.19. The smallest absolute Gasteiger partial charge is 0.272 e. The fraction of sp³-hybridized carbons (Fsp3) is 0.364. The van der Waals surface area contributed by atoms with Crippen molar-refractivity contribution in [1.82, 2.24) is 15.2 Å². The van der Waals surface area contributed by atoms with E-state index in [4.69, 9.17) is 5.73 Å². The van der Waals surface area contributed by atoms with Crippen LogP contribution in [-0.4, -0.2) is 41.8 Å². The van der Waals surface area contributed by atoms with Gasteiger partial charge in [0, 0.05) is 13.6 Å². The van der Waals surface area contributed by atoms with E-state index in [1.54, 1.807) is 19.1 Å². The second-order valence-corrected chi connectivity index (χ2v) is 3.47. The molecule has 0 atom stereocenters. The summed E-state index contributed by atoms with van der Waals surface area (Å²) >= 11 is 0. The summed E-state index contributed by atoms with van der Waals surface area (Å²) in [4.78, 5) is 28.6. The highest BCUT2D eigenvalue weighted by Gasteiger charge is 2.17. The molecular formula is C11H16N4O2. The zero-order valence-corrected chi connectivity index (χ0v) is 9.93. The molecule has 0 aliphatic heterocycles. The zero-order chi connectivity index (χ0) is 12.8. The van der Waals surface area contributed by atoms with Gasteiger partial charge < -0.3 is 16.0 Å². The summed E-state index contributed by atoms with van der Waals surface area (Å²) in [5.74, 6) is -0.494. The van der Waals surface area contributed by atoms with Crippen LogP contribution in [0.3, 0.4) is 0 Å². The number of hydrogen-bond donors (Lipinski definition) is 2. The Morgan fingerprint density at radius 1 is 1.47 bits per heavy atom. The molecule has 6 heteroatoms. The Labute approximate surface area is 99.8 Å². The topological polar surface area (TPSA) is 88.3 Å². The predicted octanol–water partition coefficient (Wildman–Crippen LogP) is -0.128. The minimum atomic E-state index is -0.281. The van der Waals surface area contributed by atoms with E-state index in [1.165, 1.54) is 18.1 Å². The number of anilines is 1. The first-order valence-corrected chi connectivity index (χ1v) is 5.29. The maximum atomic E-state index is 12.0. The number of hydrogen-bond acceptors (Lipinski definition) is 4. The Morgan fingerprint density at radius 3 is 2.65 bits per heavy atom. The van der Waals surface area contributed by atoms with Gasteiger partial charge in [0.25, 0.3) is 5.91 Å². The van der Waals surface area contributed by atoms with Gasteiger partial charge in [-0.2, -0.15) is 0 Å². The van der Waals surface area contributed by atoms with E-state index in [0.29, 0.717) is 12.2 Å². The standard InChI is InChI=1S/C11H16N4O2/c1-3-15(7-10(16)13-2)11(17)9-5-4-8(12)6-14-9/h4-6H,3,7,12H2,1-2H3,(H,13,16). The summed E-state index contributed by atoms with van der Waals surface area (Å²) in [7, 11) is 1.53. The third-order valence-corrected chi connectivity index (χ3v) is 2.29. The molecule has 0 fully saturated rings. The second-order valence-electron chi connectivity index (χ2n) is 3.47. The van der Waals surface area contributed by atoms with Crippen LogP contribution in [0.5, 0.6) is 0 Å². The van der Waals surface area contributed by atoms with Crippen molar-refractivity contribution >= 4 is 17.5 Å². The summed E-state index contributed by atoms with van der Waals surface area (Å²) in [6, 6.07) is 3.15. The van der Waals surface area contributed by atoms with E-state index < -0.39 is 0 Å². The Hall–Kier alpha value is -2.11. The van der Waals surface area contributed by atoms with E-state index in [9.17, 15) is 9.59 Å². The largest absolute Gasteiger partial charge is 0.397 e. The maximum Gasteiger partial charge on any atom is 0.272 e. The number of nitrogens with zero attached hydrogens (tertiary/aromatic N) is 2. The fourth-order valence-electron chi connectivity index (χ4n) is 1.27. The zero-order valence-electron chi connectivity index (χ0n) is 9.93. The lowest BCUT2D eigenvalue weighted by atomic mass is 10.3. The number of nitrogens with one attached hydrogen (secondary N) is 1. The van der Waals surface area contributed by atoms with Crippen LogP contribution >= 0.6 is 0 Å². The van der Waals surface area contributed by atoms with E-state index in [1.807, 2.05) is 0 Å². The molecule has 6 nitrogen and oxygen atoms in total. The summed E-state index contributed by atoms with van der Waals surface area (Å²) in [6.45, 7) is 2.27. The van der Waals surface area contributed by atoms with Crippen LogP contribution in [0.2, 0.25) is 0 Å². The van der Waals surface area contributed by atoms with Crippen LogP contribution in [0, 0.1) is 0 Å². The van der Waals surface area contributed by atoms with E-state index >= 15 is 0 Å². The van der Waals surface area contributed by atoms with Gasteiger partial charge in [-0.25, -0.2) is 4.98 Å². The molecule has 17 heavy (non-hydrogen) atoms. The normalized spacial score (nSPS) is 9.76. The van der Waals surface area contributed by atoms with Crippen LogP contribution in [-0.2, 0) is 4.79 Å². The average Bonchev–Trinajstić information content (AvgIpc) is 2.35. The number of carbonyl (C=O) groups is 2. The molecule has 1 rings (SSSR count). The highest BCUT2D eigenvalue weighted by atomic mass is 16.2. The van der Waals surface area contributed by atoms with E-state index in [2.05, 4.69) is 10.3 Å². The summed E-state index contributed by atoms with van der Waals surface area (Å²) in [6.07, 6.45) is 1.42. The van der Waals surface area contributed by atoms with Gasteiger partial charge in [0.05, 0.1) is 18.4 Å². The molecule has 0 radical (unpaired) electrons. The quantitative estimate of drug-likeness (QED) is 0.762. The van der Waals surface area contributed by atoms with Crippen molar-refractivity contribution in [3.05, 3.63) is 24.0 Å². The van der Waals surface area contributed by atoms with Gasteiger partial charge in [-0.15, -0.1) is 0 Å². The van der Waals surface area contributed by atoms with Crippen LogP contribution in [0.4, 0.5) is 5.69 Å². The molecule has 2 amide bonds. The van der Waals surface area contributed by atoms with Gasteiger partial charge in [-0.05, 0) is 19.1 Å². The molecule has 0 unspecified atom stereocenters. The molecule has 0 aromatic carbocycles. The van der Waals surface area contributed by atoms with Crippen molar-refractivity contribution in [3.8, 4) is 0 Å². The Bertz CT molecular complexity index is 402. The SMILES string of the molecule is CCN(CC(=O)NC)C(=O)c1ccc(N)cn1. The number of nitrogens with two attached hydrogens (primary N) is 1. The third kappa shape index (κ3) is 3.44. The maximum absolute atomic E-state index is 12.0. The highest BCUT2D eigenvalue weighted by Crippen LogP contribution is 2.04. The van der Waals surface area contributed by atoms with Gasteiger partial charge >= 0.3 is 0 Å². The summed E-state index contributed by atoms with van der Waals surface area (Å²) in [5.41, 5.74) is 6.26. The van der Waals surface area contributed by atoms with Crippen molar-refractivity contribution in [2.45, 2.75) is 6.92 Å². The molecule has 0 aliphatic carbocycles. The predicted molar refractivity (Wildman–Crippen MR) is 64.3 cm³/mol. The lowest BCUT2D eigenvalue weighted by molar-refractivity contribution is -0.121. The van der Waals surface area contributed by atoms with Crippen LogP contribution in [0.1, 0.15) is 17.4 Å². The Balaban J connectivity index is 2.78. The number of nitrogen functional groups attached to an aromatic ring is 1. The minimum absolute atomic E-state index is 0.0257. The molecule has 0 saturated heterocycles. The molecule has 0 bridgehead atoms. The molecule has 1 heterocycles. The fourth-order valence-corrected chi connectivity index (χ4v) is 1.27. The first kappa shape index (κ1) is 13.0. The summed E-state index contributed by atoms with van der Waals surface area (Å²) in [5, 5.41) is 2.47. The lowest BCUT2D eigenvalue weighted by Crippen LogP contribution is -2.39. The van der Waals surface area contributed by atoms with Crippen molar-refractivity contribution in [3.63, 3.8) is 0 Å². The summed E-state index contributed by atoms with van der Waals surface area (Å²) < 4.78 is 0. The monoisotopic (exact) mass is 236 g/mol. The van der Waals surface area contributed by atoms with Crippen molar-refractivity contribution in [2.24, 2.45) is 0 Å². The average molecular weight is 236 g/mol. The van der Waals surface area contributed by atoms with Gasteiger partial charge in [-0.1, -0.05) is 0 Å². The molecule has 0 aliphatic rings. The number of amides is 2. The first-order valence-electron chi connectivity index (χ1n) is 5.29. The number of carbonyl (C=O) groups excluding carboxylic acids is 2. The van der Waals surface area contributed by atoms with Gasteiger partial charge in [0.2, 0.25) is 5.91 Å². The van der Waals surface area contributed by atoms with E-state index in [0.717, 1.165) is 0 Å². The van der Waals surface area contributed by atoms with Gasteiger partial charge in [0.1, 0.15) is 5.69 Å². The molecular weight excluding hydrogens is 220 g/mol. The van der Waals surface area contributed by atoms with Gasteiger partial charge in [-0.3, -0.25) is 9.59 Å². The van der Waals surface area contributed by atoms with Crippen LogP contribution < -0.4 is 11.1 Å². The van der Waals surface area contributed by atoms with Crippen molar-refractivity contribution in [1.29, 1.82) is 0 Å². The number of aromatic nitrogens is 1. The minimum Gasteiger partial charge on any atom is -0.397 e. The Kier molecular flexibility index (Phi) is 4.45. The molecule has 0 spiro atoms. The van der Waals surface area contributed by atoms with Crippen LogP contribution in [0.15, 0.2) is 18.3 Å². The molecule has 1 aromatic rings. The molecule has 1 aromatic heterocycles. The van der Waals surface area contributed by atoms with Crippen molar-refractivity contribution in [2.75, 3.05) is 25.9 Å². The van der Waals surface area contributed by atoms with Crippen molar-refractivity contribution < 1.29 is 9.59 Å². The number of rotatable bonds is 4. The number of pyridine rings is 1.